The predicted octanol–water partition coefficient (Wildman–Crippen LogP) is 4.17. The van der Waals surface area contributed by atoms with Gasteiger partial charge >= 0.3 is 6.09 Å². The fourth-order valence-electron chi connectivity index (χ4n) is 2.90. The lowest BCUT2D eigenvalue weighted by Crippen LogP contribution is -2.47. The predicted molar refractivity (Wildman–Crippen MR) is 115 cm³/mol. The first kappa shape index (κ1) is 23.2. The number of hydrogen-bond acceptors (Lipinski definition) is 5. The third-order valence-electron chi connectivity index (χ3n) is 4.53. The van der Waals surface area contributed by atoms with E-state index in [0.717, 1.165) is 5.56 Å². The topological polar surface area (TPSA) is 87.7 Å². The van der Waals surface area contributed by atoms with Crippen LogP contribution in [0, 0.1) is 12.3 Å². The molecule has 162 valence electrons. The number of piperidine rings is 1. The van der Waals surface area contributed by atoms with E-state index in [-0.39, 0.29) is 17.9 Å². The largest absolute Gasteiger partial charge is 0.444 e. The summed E-state index contributed by atoms with van der Waals surface area (Å²) in [7, 11) is 0. The van der Waals surface area contributed by atoms with Gasteiger partial charge in [-0.05, 0) is 52.2 Å². The zero-order valence-corrected chi connectivity index (χ0v) is 19.3. The molecule has 0 unspecified atom stereocenters. The molecule has 7 nitrogen and oxygen atoms in total. The average Bonchev–Trinajstić information content (AvgIpc) is 2.92. The molecule has 0 radical (unpaired) electrons. The highest BCUT2D eigenvalue weighted by Crippen LogP contribution is 2.30. The lowest BCUT2D eigenvalue weighted by atomic mass is 9.96. The quantitative estimate of drug-likeness (QED) is 0.764. The number of rotatable bonds is 3. The number of alkyl carbamates (subject to hydrolysis) is 1. The van der Waals surface area contributed by atoms with E-state index < -0.39 is 17.1 Å². The van der Waals surface area contributed by atoms with Gasteiger partial charge in [0.05, 0.1) is 9.88 Å². The van der Waals surface area contributed by atoms with Gasteiger partial charge in [0.15, 0.2) is 0 Å². The first-order chi connectivity index (χ1) is 13.3. The third-order valence-corrected chi connectivity index (χ3v) is 5.67. The van der Waals surface area contributed by atoms with Crippen LogP contribution in [0.25, 0.3) is 0 Å². The summed E-state index contributed by atoms with van der Waals surface area (Å²) in [4.78, 5) is 39.5. The minimum Gasteiger partial charge on any atom is -0.444 e. The van der Waals surface area contributed by atoms with Crippen LogP contribution in [-0.2, 0) is 9.53 Å². The molecule has 1 aromatic rings. The highest BCUT2D eigenvalue weighted by atomic mass is 32.1. The molecule has 0 aromatic carbocycles. The van der Waals surface area contributed by atoms with E-state index in [1.54, 1.807) is 0 Å². The van der Waals surface area contributed by atoms with Crippen LogP contribution in [0.4, 0.5) is 9.80 Å². The zero-order valence-electron chi connectivity index (χ0n) is 18.5. The van der Waals surface area contributed by atoms with E-state index in [9.17, 15) is 14.4 Å². The number of anilines is 1. The Morgan fingerprint density at radius 1 is 1.10 bits per heavy atom. The average molecular weight is 424 g/mol. The summed E-state index contributed by atoms with van der Waals surface area (Å²) < 4.78 is 5.29. The van der Waals surface area contributed by atoms with Crippen molar-refractivity contribution in [3.05, 3.63) is 16.5 Å². The van der Waals surface area contributed by atoms with Crippen molar-refractivity contribution in [2.75, 3.05) is 18.4 Å². The lowest BCUT2D eigenvalue weighted by molar-refractivity contribution is -0.123. The molecule has 29 heavy (non-hydrogen) atoms. The Hall–Kier alpha value is -2.09. The Bertz CT molecular complexity index is 766. The molecular formula is C21H33N3O4S. The van der Waals surface area contributed by atoms with Crippen LogP contribution in [0.15, 0.2) is 6.07 Å². The number of nitrogens with one attached hydrogen (secondary N) is 2. The van der Waals surface area contributed by atoms with Crippen molar-refractivity contribution in [3.63, 3.8) is 0 Å². The van der Waals surface area contributed by atoms with Gasteiger partial charge in [-0.25, -0.2) is 4.79 Å². The molecule has 1 saturated heterocycles. The van der Waals surface area contributed by atoms with Crippen LogP contribution in [0.1, 0.15) is 69.6 Å². The Kier molecular flexibility index (Phi) is 6.98. The van der Waals surface area contributed by atoms with E-state index in [1.807, 2.05) is 59.4 Å². The normalized spacial score (nSPS) is 15.8. The van der Waals surface area contributed by atoms with Crippen LogP contribution >= 0.6 is 11.3 Å². The zero-order chi connectivity index (χ0) is 22.0. The third kappa shape index (κ3) is 6.73. The van der Waals surface area contributed by atoms with E-state index >= 15 is 0 Å². The molecule has 1 fully saturated rings. The van der Waals surface area contributed by atoms with Gasteiger partial charge in [-0.15, -0.1) is 11.3 Å². The molecule has 0 atom stereocenters. The first-order valence-corrected chi connectivity index (χ1v) is 10.8. The van der Waals surface area contributed by atoms with Crippen LogP contribution in [0.5, 0.6) is 0 Å². The monoisotopic (exact) mass is 423 g/mol. The van der Waals surface area contributed by atoms with Crippen molar-refractivity contribution in [1.29, 1.82) is 0 Å². The van der Waals surface area contributed by atoms with Crippen molar-refractivity contribution in [3.8, 4) is 0 Å². The van der Waals surface area contributed by atoms with Crippen molar-refractivity contribution in [2.45, 2.75) is 73.0 Å². The molecule has 1 aromatic heterocycles. The molecule has 2 rings (SSSR count). The van der Waals surface area contributed by atoms with E-state index in [2.05, 4.69) is 10.6 Å². The van der Waals surface area contributed by atoms with Gasteiger partial charge in [-0.2, -0.15) is 0 Å². The summed E-state index contributed by atoms with van der Waals surface area (Å²) >= 11 is 1.31. The van der Waals surface area contributed by atoms with Crippen LogP contribution in [-0.4, -0.2) is 47.5 Å². The Labute approximate surface area is 177 Å². The molecule has 0 saturated carbocycles. The minimum atomic E-state index is -0.530. The van der Waals surface area contributed by atoms with Crippen LogP contribution in [0.2, 0.25) is 0 Å². The summed E-state index contributed by atoms with van der Waals surface area (Å²) in [5, 5.41) is 6.46. The van der Waals surface area contributed by atoms with Gasteiger partial charge in [0.1, 0.15) is 5.60 Å². The molecule has 8 heteroatoms. The maximum atomic E-state index is 12.9. The molecule has 2 heterocycles. The summed E-state index contributed by atoms with van der Waals surface area (Å²) in [5.74, 6) is -0.105. The van der Waals surface area contributed by atoms with Gasteiger partial charge in [-0.1, -0.05) is 20.8 Å². The van der Waals surface area contributed by atoms with Gasteiger partial charge in [0, 0.05) is 24.5 Å². The number of aryl methyl sites for hydroxylation is 1. The summed E-state index contributed by atoms with van der Waals surface area (Å²) in [6, 6.07) is 1.85. The van der Waals surface area contributed by atoms with Gasteiger partial charge < -0.3 is 20.3 Å². The second kappa shape index (κ2) is 8.73. The number of carbonyl (C=O) groups is 3. The highest BCUT2D eigenvalue weighted by molar-refractivity contribution is 7.18. The molecule has 2 N–H and O–H groups in total. The van der Waals surface area contributed by atoms with E-state index in [1.165, 1.54) is 11.3 Å². The maximum absolute atomic E-state index is 12.9. The second-order valence-corrected chi connectivity index (χ2v) is 10.6. The minimum absolute atomic E-state index is 0.0000302. The molecule has 0 aliphatic carbocycles. The standard InChI is InChI=1S/C21H33N3O4S/c1-13-12-15(23-18(26)20(2,3)4)29-16(13)17(25)24-10-8-14(9-11-24)22-19(27)28-21(5,6)7/h12,14H,8-11H2,1-7H3,(H,22,27)(H,23,26). The summed E-state index contributed by atoms with van der Waals surface area (Å²) in [5.41, 5.74) is -0.166. The maximum Gasteiger partial charge on any atom is 0.407 e. The molecule has 1 aliphatic heterocycles. The van der Waals surface area contributed by atoms with Crippen molar-refractivity contribution in [2.24, 2.45) is 5.41 Å². The number of carbonyl (C=O) groups excluding carboxylic acids is 3. The number of ether oxygens (including phenoxy) is 1. The number of thiophene rings is 1. The molecule has 3 amide bonds. The summed E-state index contributed by atoms with van der Waals surface area (Å²) in [6.07, 6.45) is 0.946. The Morgan fingerprint density at radius 2 is 1.69 bits per heavy atom. The lowest BCUT2D eigenvalue weighted by Gasteiger charge is -2.32. The van der Waals surface area contributed by atoms with Crippen molar-refractivity contribution < 1.29 is 19.1 Å². The molecular weight excluding hydrogens is 390 g/mol. The summed E-state index contributed by atoms with van der Waals surface area (Å²) in [6.45, 7) is 14.1. The van der Waals surface area contributed by atoms with Gasteiger partial charge in [0.25, 0.3) is 5.91 Å². The first-order valence-electron chi connectivity index (χ1n) is 9.97. The number of nitrogens with zero attached hydrogens (tertiary/aromatic N) is 1. The number of hydrogen-bond donors (Lipinski definition) is 2. The van der Waals surface area contributed by atoms with Crippen LogP contribution < -0.4 is 10.6 Å². The Morgan fingerprint density at radius 3 is 2.21 bits per heavy atom. The van der Waals surface area contributed by atoms with Crippen molar-refractivity contribution >= 4 is 34.2 Å². The van der Waals surface area contributed by atoms with Gasteiger partial charge in [0.2, 0.25) is 5.91 Å². The SMILES string of the molecule is Cc1cc(NC(=O)C(C)(C)C)sc1C(=O)N1CCC(NC(=O)OC(C)(C)C)CC1. The number of likely N-dealkylation sites (tertiary alicyclic amines) is 1. The molecule has 1 aliphatic rings. The number of amides is 3. The highest BCUT2D eigenvalue weighted by Gasteiger charge is 2.28. The van der Waals surface area contributed by atoms with Crippen molar-refractivity contribution in [1.82, 2.24) is 10.2 Å². The smallest absolute Gasteiger partial charge is 0.407 e. The molecule has 0 spiro atoms. The Balaban J connectivity index is 1.92. The second-order valence-electron chi connectivity index (χ2n) is 9.54. The van der Waals surface area contributed by atoms with E-state index in [0.29, 0.717) is 35.8 Å². The molecule has 0 bridgehead atoms. The fourth-order valence-corrected chi connectivity index (χ4v) is 3.94. The fraction of sp³-hybridized carbons (Fsp3) is 0.667. The van der Waals surface area contributed by atoms with E-state index in [4.69, 9.17) is 4.74 Å². The van der Waals surface area contributed by atoms with Crippen LogP contribution in [0.3, 0.4) is 0 Å². The van der Waals surface area contributed by atoms with Gasteiger partial charge in [-0.3, -0.25) is 9.59 Å².